The predicted molar refractivity (Wildman–Crippen MR) is 109 cm³/mol. The molecule has 1 unspecified atom stereocenters. The second-order valence-corrected chi connectivity index (χ2v) is 8.72. The number of nitrogens with zero attached hydrogens (tertiary/aromatic N) is 1. The molecule has 0 bridgehead atoms. The van der Waals surface area contributed by atoms with Crippen molar-refractivity contribution in [3.8, 4) is 0 Å². The Kier molecular flexibility index (Phi) is 7.24. The first-order chi connectivity index (χ1) is 12.0. The van der Waals surface area contributed by atoms with E-state index < -0.39 is 9.84 Å². The van der Waals surface area contributed by atoms with Crippen LogP contribution in [0.1, 0.15) is 29.7 Å². The van der Waals surface area contributed by atoms with Crippen LogP contribution in [0.2, 0.25) is 0 Å². The van der Waals surface area contributed by atoms with Crippen LogP contribution >= 0.6 is 12.4 Å². The summed E-state index contributed by atoms with van der Waals surface area (Å²) in [6.07, 6.45) is 2.30. The molecule has 1 atom stereocenters. The Labute approximate surface area is 162 Å². The third kappa shape index (κ3) is 5.07. The number of halogens is 1. The van der Waals surface area contributed by atoms with Gasteiger partial charge in [-0.15, -0.1) is 12.4 Å². The first kappa shape index (κ1) is 20.9. The molecule has 6 heteroatoms. The number of aryl methyl sites for hydroxylation is 1. The zero-order chi connectivity index (χ0) is 17.9. The third-order valence-electron chi connectivity index (χ3n) is 4.86. The smallest absolute Gasteiger partial charge is 0.175 e. The summed E-state index contributed by atoms with van der Waals surface area (Å²) < 4.78 is 23.2. The van der Waals surface area contributed by atoms with Gasteiger partial charge >= 0.3 is 0 Å². The maximum absolute atomic E-state index is 11.6. The molecule has 0 aromatic heterocycles. The SMILES string of the molecule is CCc1ccc(C2CNCCN2Cc2ccc(S(C)(=O)=O)cc2)cc1.Cl. The molecule has 1 N–H and O–H groups in total. The van der Waals surface area contributed by atoms with Crippen LogP contribution in [0.5, 0.6) is 0 Å². The average Bonchev–Trinajstić information content (AvgIpc) is 2.62. The summed E-state index contributed by atoms with van der Waals surface area (Å²) in [5.41, 5.74) is 3.83. The summed E-state index contributed by atoms with van der Waals surface area (Å²) in [7, 11) is -3.14. The number of piperazine rings is 1. The van der Waals surface area contributed by atoms with Gasteiger partial charge in [0.05, 0.1) is 4.90 Å². The van der Waals surface area contributed by atoms with E-state index in [2.05, 4.69) is 41.4 Å². The summed E-state index contributed by atoms with van der Waals surface area (Å²) >= 11 is 0. The van der Waals surface area contributed by atoms with Crippen LogP contribution in [0.25, 0.3) is 0 Å². The van der Waals surface area contributed by atoms with E-state index in [0.717, 1.165) is 38.2 Å². The zero-order valence-corrected chi connectivity index (χ0v) is 16.9. The quantitative estimate of drug-likeness (QED) is 0.845. The number of rotatable bonds is 5. The number of nitrogens with one attached hydrogen (secondary N) is 1. The molecular weight excluding hydrogens is 368 g/mol. The maximum atomic E-state index is 11.6. The number of sulfone groups is 1. The van der Waals surface area contributed by atoms with Crippen molar-refractivity contribution in [1.29, 1.82) is 0 Å². The standard InChI is InChI=1S/C20H26N2O2S.ClH/c1-3-16-4-8-18(9-5-16)20-14-21-12-13-22(20)15-17-6-10-19(11-7-17)25(2,23)24;/h4-11,20-21H,3,12-15H2,1-2H3;1H. The molecular formula is C20H27ClN2O2S. The number of benzene rings is 2. The van der Waals surface area contributed by atoms with E-state index in [1.165, 1.54) is 17.4 Å². The molecule has 0 radical (unpaired) electrons. The fraction of sp³-hybridized carbons (Fsp3) is 0.400. The van der Waals surface area contributed by atoms with Gasteiger partial charge in [0, 0.05) is 38.5 Å². The lowest BCUT2D eigenvalue weighted by molar-refractivity contribution is 0.153. The largest absolute Gasteiger partial charge is 0.314 e. The zero-order valence-electron chi connectivity index (χ0n) is 15.3. The molecule has 0 saturated carbocycles. The Bertz CT molecular complexity index is 805. The van der Waals surface area contributed by atoms with Crippen molar-refractivity contribution in [1.82, 2.24) is 10.2 Å². The lowest BCUT2D eigenvalue weighted by Gasteiger charge is -2.36. The molecule has 2 aromatic rings. The Balaban J connectivity index is 0.00000243. The van der Waals surface area contributed by atoms with Gasteiger partial charge in [0.25, 0.3) is 0 Å². The van der Waals surface area contributed by atoms with Crippen LogP contribution in [0, 0.1) is 0 Å². The highest BCUT2D eigenvalue weighted by molar-refractivity contribution is 7.90. The molecule has 3 rings (SSSR count). The van der Waals surface area contributed by atoms with Crippen LogP contribution in [0.3, 0.4) is 0 Å². The monoisotopic (exact) mass is 394 g/mol. The van der Waals surface area contributed by atoms with E-state index in [4.69, 9.17) is 0 Å². The molecule has 0 amide bonds. The summed E-state index contributed by atoms with van der Waals surface area (Å²) in [4.78, 5) is 2.84. The molecule has 0 aliphatic carbocycles. The average molecular weight is 395 g/mol. The molecule has 0 spiro atoms. The molecule has 2 aromatic carbocycles. The van der Waals surface area contributed by atoms with E-state index in [-0.39, 0.29) is 12.4 Å². The Morgan fingerprint density at radius 1 is 1.04 bits per heavy atom. The van der Waals surface area contributed by atoms with Crippen molar-refractivity contribution >= 4 is 22.2 Å². The van der Waals surface area contributed by atoms with E-state index in [9.17, 15) is 8.42 Å². The maximum Gasteiger partial charge on any atom is 0.175 e. The van der Waals surface area contributed by atoms with Gasteiger partial charge in [-0.2, -0.15) is 0 Å². The van der Waals surface area contributed by atoms with Gasteiger partial charge in [-0.3, -0.25) is 4.90 Å². The van der Waals surface area contributed by atoms with Crippen molar-refractivity contribution in [2.24, 2.45) is 0 Å². The van der Waals surface area contributed by atoms with Crippen LogP contribution in [0.4, 0.5) is 0 Å². The van der Waals surface area contributed by atoms with Gasteiger partial charge in [-0.1, -0.05) is 43.3 Å². The van der Waals surface area contributed by atoms with Gasteiger partial charge in [-0.25, -0.2) is 8.42 Å². The summed E-state index contributed by atoms with van der Waals surface area (Å²) in [6, 6.07) is 16.5. The van der Waals surface area contributed by atoms with Gasteiger partial charge in [0.1, 0.15) is 0 Å². The van der Waals surface area contributed by atoms with Crippen LogP contribution < -0.4 is 5.32 Å². The van der Waals surface area contributed by atoms with E-state index >= 15 is 0 Å². The van der Waals surface area contributed by atoms with Crippen LogP contribution in [-0.2, 0) is 22.8 Å². The van der Waals surface area contributed by atoms with E-state index in [0.29, 0.717) is 10.9 Å². The first-order valence-corrected chi connectivity index (χ1v) is 10.7. The van der Waals surface area contributed by atoms with Gasteiger partial charge in [0.15, 0.2) is 9.84 Å². The summed E-state index contributed by atoms with van der Waals surface area (Å²) in [5.74, 6) is 0. The Morgan fingerprint density at radius 2 is 1.65 bits per heavy atom. The summed E-state index contributed by atoms with van der Waals surface area (Å²) in [5, 5.41) is 3.49. The Hall–Kier alpha value is -1.40. The molecule has 4 nitrogen and oxygen atoms in total. The van der Waals surface area contributed by atoms with Crippen molar-refractivity contribution in [3.05, 3.63) is 65.2 Å². The molecule has 1 heterocycles. The minimum Gasteiger partial charge on any atom is -0.314 e. The normalized spacial score (nSPS) is 18.3. The fourth-order valence-corrected chi connectivity index (χ4v) is 3.95. The van der Waals surface area contributed by atoms with Crippen molar-refractivity contribution in [2.45, 2.75) is 30.8 Å². The highest BCUT2D eigenvalue weighted by Crippen LogP contribution is 2.25. The van der Waals surface area contributed by atoms with Crippen molar-refractivity contribution < 1.29 is 8.42 Å². The first-order valence-electron chi connectivity index (χ1n) is 8.80. The molecule has 1 saturated heterocycles. The predicted octanol–water partition coefficient (Wildman–Crippen LogP) is 3.22. The van der Waals surface area contributed by atoms with Crippen LogP contribution in [-0.4, -0.2) is 39.2 Å². The highest BCUT2D eigenvalue weighted by Gasteiger charge is 2.23. The second kappa shape index (κ2) is 9.00. The fourth-order valence-electron chi connectivity index (χ4n) is 3.32. The summed E-state index contributed by atoms with van der Waals surface area (Å²) in [6.45, 7) is 5.89. The minimum absolute atomic E-state index is 0. The Morgan fingerprint density at radius 3 is 2.23 bits per heavy atom. The second-order valence-electron chi connectivity index (χ2n) is 6.70. The highest BCUT2D eigenvalue weighted by atomic mass is 35.5. The minimum atomic E-state index is -3.14. The number of hydrogen-bond acceptors (Lipinski definition) is 4. The van der Waals surface area contributed by atoms with Gasteiger partial charge in [0.2, 0.25) is 0 Å². The topological polar surface area (TPSA) is 49.4 Å². The number of hydrogen-bond donors (Lipinski definition) is 1. The molecule has 1 fully saturated rings. The van der Waals surface area contributed by atoms with Gasteiger partial charge in [-0.05, 0) is 35.2 Å². The van der Waals surface area contributed by atoms with Gasteiger partial charge < -0.3 is 5.32 Å². The van der Waals surface area contributed by atoms with Crippen molar-refractivity contribution in [3.63, 3.8) is 0 Å². The lowest BCUT2D eigenvalue weighted by Crippen LogP contribution is -2.45. The van der Waals surface area contributed by atoms with Crippen molar-refractivity contribution in [2.75, 3.05) is 25.9 Å². The molecule has 1 aliphatic heterocycles. The third-order valence-corrected chi connectivity index (χ3v) is 5.99. The molecule has 1 aliphatic rings. The molecule has 142 valence electrons. The van der Waals surface area contributed by atoms with Crippen LogP contribution in [0.15, 0.2) is 53.4 Å². The lowest BCUT2D eigenvalue weighted by atomic mass is 10.0. The molecule has 26 heavy (non-hydrogen) atoms. The van der Waals surface area contributed by atoms with E-state index in [1.54, 1.807) is 12.1 Å². The van der Waals surface area contributed by atoms with E-state index in [1.807, 2.05) is 12.1 Å².